The Morgan fingerprint density at radius 1 is 1.43 bits per heavy atom. The van der Waals surface area contributed by atoms with E-state index in [0.29, 0.717) is 0 Å². The Morgan fingerprint density at radius 2 is 1.43 bits per heavy atom. The number of alkyl halides is 3. The van der Waals surface area contributed by atoms with Crippen molar-refractivity contribution >= 4 is 41.5 Å². The summed E-state index contributed by atoms with van der Waals surface area (Å²) in [5.74, 6) is 0. The van der Waals surface area contributed by atoms with Crippen LogP contribution in [0.3, 0.4) is 0 Å². The molecule has 42 valence electrons. The van der Waals surface area contributed by atoms with Crippen LogP contribution in [0.15, 0.2) is 0 Å². The molecule has 0 aromatic rings. The van der Waals surface area contributed by atoms with Crippen molar-refractivity contribution in [1.29, 1.82) is 0 Å². The van der Waals surface area contributed by atoms with Gasteiger partial charge in [-0.2, -0.15) is 4.79 Å². The number of hydrogen-bond donors (Lipinski definition) is 0. The van der Waals surface area contributed by atoms with Crippen LogP contribution in [-0.2, 0) is 0 Å². The molecule has 0 aliphatic rings. The van der Waals surface area contributed by atoms with Crippen LogP contribution in [0, 0.1) is 0 Å². The summed E-state index contributed by atoms with van der Waals surface area (Å²) < 4.78 is -0.750. The SMILES string of the molecule is C=[N+]=[N-].ClC(Cl)Cl. The second-order valence-electron chi connectivity index (χ2n) is 0.389. The fourth-order valence-corrected chi connectivity index (χ4v) is 0. The van der Waals surface area contributed by atoms with Crippen molar-refractivity contribution in [2.45, 2.75) is 4.30 Å². The largest absolute Gasteiger partial charge is 0.362 e. The first kappa shape index (κ1) is 10.3. The maximum Gasteiger partial charge on any atom is 0.245 e. The minimum absolute atomic E-state index is 0.750. The Balaban J connectivity index is 0. The zero-order chi connectivity index (χ0) is 6.28. The summed E-state index contributed by atoms with van der Waals surface area (Å²) in [7, 11) is 0. The molecule has 0 unspecified atom stereocenters. The Morgan fingerprint density at radius 3 is 1.43 bits per heavy atom. The summed E-state index contributed by atoms with van der Waals surface area (Å²) in [6.45, 7) is 2.67. The average Bonchev–Trinajstić information content (AvgIpc) is 1.33. The van der Waals surface area contributed by atoms with Crippen LogP contribution in [-0.4, -0.2) is 15.8 Å². The highest BCUT2D eigenvalue weighted by Crippen LogP contribution is 2.03. The molecular formula is C2H3Cl3N2. The third-order valence-corrected chi connectivity index (χ3v) is 0. The van der Waals surface area contributed by atoms with Gasteiger partial charge in [0.15, 0.2) is 4.30 Å². The summed E-state index contributed by atoms with van der Waals surface area (Å²) in [6, 6.07) is 0. The average molecular weight is 161 g/mol. The van der Waals surface area contributed by atoms with E-state index >= 15 is 0 Å². The van der Waals surface area contributed by atoms with Crippen LogP contribution in [0.4, 0.5) is 0 Å². The van der Waals surface area contributed by atoms with Gasteiger partial charge in [-0.15, -0.1) is 0 Å². The second kappa shape index (κ2) is 9.54. The van der Waals surface area contributed by atoms with Gasteiger partial charge in [-0.1, -0.05) is 34.8 Å². The van der Waals surface area contributed by atoms with Crippen molar-refractivity contribution < 1.29 is 4.79 Å². The molecule has 0 saturated carbocycles. The van der Waals surface area contributed by atoms with E-state index in [0.717, 1.165) is 0 Å². The number of nitrogens with zero attached hydrogens (tertiary/aromatic N) is 2. The van der Waals surface area contributed by atoms with Gasteiger partial charge in [-0.25, -0.2) is 0 Å². The fourth-order valence-electron chi connectivity index (χ4n) is 0. The molecular weight excluding hydrogens is 158 g/mol. The van der Waals surface area contributed by atoms with Gasteiger partial charge in [0.1, 0.15) is 0 Å². The molecule has 0 aromatic heterocycles. The van der Waals surface area contributed by atoms with E-state index in [1.807, 2.05) is 0 Å². The fraction of sp³-hybridized carbons (Fsp3) is 0.500. The predicted octanol–water partition coefficient (Wildman–Crippen LogP) is 1.90. The summed E-state index contributed by atoms with van der Waals surface area (Å²) in [5, 5.41) is 0. The Hall–Kier alpha value is 0.250. The van der Waals surface area contributed by atoms with Gasteiger partial charge >= 0.3 is 0 Å². The molecule has 5 heteroatoms. The van der Waals surface area contributed by atoms with E-state index in [1.54, 1.807) is 0 Å². The van der Waals surface area contributed by atoms with Gasteiger partial charge in [0.2, 0.25) is 6.72 Å². The van der Waals surface area contributed by atoms with Crippen molar-refractivity contribution in [2.24, 2.45) is 0 Å². The van der Waals surface area contributed by atoms with Gasteiger partial charge in [0, 0.05) is 0 Å². The van der Waals surface area contributed by atoms with Crippen molar-refractivity contribution in [3.8, 4) is 0 Å². The molecule has 0 rings (SSSR count). The highest BCUT2D eigenvalue weighted by atomic mass is 35.6. The van der Waals surface area contributed by atoms with Crippen LogP contribution in [0.25, 0.3) is 5.53 Å². The molecule has 0 heterocycles. The van der Waals surface area contributed by atoms with Gasteiger partial charge in [0.25, 0.3) is 0 Å². The molecule has 0 aliphatic carbocycles. The zero-order valence-corrected chi connectivity index (χ0v) is 5.58. The third-order valence-electron chi connectivity index (χ3n) is 0. The van der Waals surface area contributed by atoms with Gasteiger partial charge in [-0.05, 0) is 0 Å². The van der Waals surface area contributed by atoms with Crippen molar-refractivity contribution in [3.05, 3.63) is 5.53 Å². The first-order valence-electron chi connectivity index (χ1n) is 1.17. The normalized spacial score (nSPS) is 6.29. The van der Waals surface area contributed by atoms with Gasteiger partial charge < -0.3 is 5.53 Å². The predicted molar refractivity (Wildman–Crippen MR) is 32.1 cm³/mol. The van der Waals surface area contributed by atoms with Gasteiger partial charge in [0.05, 0.1) is 0 Å². The number of halogens is 3. The Kier molecular flexibility index (Phi) is 14.0. The molecule has 0 saturated heterocycles. The van der Waals surface area contributed by atoms with Crippen molar-refractivity contribution in [2.75, 3.05) is 0 Å². The quantitative estimate of drug-likeness (QED) is 0.225. The molecule has 0 amide bonds. The lowest BCUT2D eigenvalue weighted by molar-refractivity contribution is 0.0110. The third kappa shape index (κ3) is 1810. The first-order chi connectivity index (χ1) is 3.15. The Bertz CT molecular complexity index is 53.2. The zero-order valence-electron chi connectivity index (χ0n) is 3.31. The lowest BCUT2D eigenvalue weighted by Crippen LogP contribution is -1.55. The number of hydrogen-bond acceptors (Lipinski definition) is 0. The smallest absolute Gasteiger partial charge is 0.245 e. The lowest BCUT2D eigenvalue weighted by atomic mass is 11.8. The van der Waals surface area contributed by atoms with Crippen LogP contribution >= 0.6 is 34.8 Å². The molecule has 0 bridgehead atoms. The first-order valence-corrected chi connectivity index (χ1v) is 2.48. The van der Waals surface area contributed by atoms with E-state index in [2.05, 4.69) is 11.5 Å². The van der Waals surface area contributed by atoms with Crippen LogP contribution in [0.5, 0.6) is 0 Å². The summed E-state index contributed by atoms with van der Waals surface area (Å²) in [5.41, 5.74) is 7.08. The molecule has 0 N–H and O–H groups in total. The maximum atomic E-state index is 7.08. The number of rotatable bonds is 0. The minimum Gasteiger partial charge on any atom is -0.362 e. The molecule has 0 fully saturated rings. The molecule has 0 spiro atoms. The summed E-state index contributed by atoms with van der Waals surface area (Å²) in [6.07, 6.45) is 0. The van der Waals surface area contributed by atoms with Crippen LogP contribution in [0.2, 0.25) is 0 Å². The molecule has 0 atom stereocenters. The van der Waals surface area contributed by atoms with Gasteiger partial charge in [-0.3, -0.25) is 0 Å². The second-order valence-corrected chi connectivity index (χ2v) is 2.37. The van der Waals surface area contributed by atoms with Crippen molar-refractivity contribution in [3.63, 3.8) is 0 Å². The van der Waals surface area contributed by atoms with Crippen molar-refractivity contribution in [1.82, 2.24) is 0 Å². The van der Waals surface area contributed by atoms with Crippen LogP contribution in [0.1, 0.15) is 0 Å². The van der Waals surface area contributed by atoms with E-state index in [4.69, 9.17) is 40.3 Å². The maximum absolute atomic E-state index is 7.08. The van der Waals surface area contributed by atoms with E-state index < -0.39 is 4.30 Å². The highest BCUT2D eigenvalue weighted by molar-refractivity contribution is 6.63. The van der Waals surface area contributed by atoms with E-state index in [9.17, 15) is 0 Å². The molecule has 0 radical (unpaired) electrons. The molecule has 0 aromatic carbocycles. The Labute approximate surface area is 56.6 Å². The van der Waals surface area contributed by atoms with E-state index in [1.165, 1.54) is 0 Å². The summed E-state index contributed by atoms with van der Waals surface area (Å²) in [4.78, 5) is 2.25. The summed E-state index contributed by atoms with van der Waals surface area (Å²) >= 11 is 14.4. The minimum atomic E-state index is -0.750. The molecule has 0 aliphatic heterocycles. The molecule has 2 nitrogen and oxygen atoms in total. The molecule has 7 heavy (non-hydrogen) atoms. The standard InChI is InChI=1S/CHCl3.CH2N2/c2-1(3)4;1-3-2/h1H;1H2. The topological polar surface area (TPSA) is 36.4 Å². The highest BCUT2D eigenvalue weighted by Gasteiger charge is 1.78. The monoisotopic (exact) mass is 160 g/mol. The lowest BCUT2D eigenvalue weighted by Gasteiger charge is -1.69. The van der Waals surface area contributed by atoms with Crippen LogP contribution < -0.4 is 0 Å². The van der Waals surface area contributed by atoms with E-state index in [-0.39, 0.29) is 0 Å².